The Balaban J connectivity index is 3.40. The van der Waals surface area contributed by atoms with Crippen LogP contribution in [0.2, 0.25) is 0 Å². The molecule has 4 heteroatoms. The van der Waals surface area contributed by atoms with Gasteiger partial charge in [0, 0.05) is 19.1 Å². The fourth-order valence-corrected chi connectivity index (χ4v) is 0.731. The Bertz CT molecular complexity index is 148. The van der Waals surface area contributed by atoms with Crippen molar-refractivity contribution in [2.24, 2.45) is 11.7 Å². The molecule has 1 atom stereocenters. The summed E-state index contributed by atoms with van der Waals surface area (Å²) in [6.07, 6.45) is 0. The lowest BCUT2D eigenvalue weighted by atomic mass is 10.2. The van der Waals surface area contributed by atoms with Crippen molar-refractivity contribution in [3.05, 3.63) is 0 Å². The normalized spacial score (nSPS) is 13.0. The third-order valence-corrected chi connectivity index (χ3v) is 1.67. The summed E-state index contributed by atoms with van der Waals surface area (Å²) in [4.78, 5) is 11.2. The second kappa shape index (κ2) is 6.86. The molecule has 13 heavy (non-hydrogen) atoms. The highest BCUT2D eigenvalue weighted by Crippen LogP contribution is 1.86. The van der Waals surface area contributed by atoms with E-state index >= 15 is 0 Å². The predicted molar refractivity (Wildman–Crippen MR) is 54.4 cm³/mol. The number of hydrogen-bond donors (Lipinski definition) is 3. The maximum absolute atomic E-state index is 11.2. The average molecular weight is 187 g/mol. The number of rotatable bonds is 6. The molecule has 0 aromatic carbocycles. The third kappa shape index (κ3) is 7.74. The number of hydrogen-bond acceptors (Lipinski definition) is 3. The zero-order chi connectivity index (χ0) is 10.3. The van der Waals surface area contributed by atoms with Crippen molar-refractivity contribution >= 4 is 5.91 Å². The molecule has 0 aliphatic carbocycles. The number of nitrogens with two attached hydrogens (primary N) is 1. The van der Waals surface area contributed by atoms with Gasteiger partial charge in [0.1, 0.15) is 0 Å². The van der Waals surface area contributed by atoms with Gasteiger partial charge in [0.05, 0.1) is 6.54 Å². The molecular formula is C9H21N3O. The molecule has 0 spiro atoms. The van der Waals surface area contributed by atoms with E-state index in [2.05, 4.69) is 24.5 Å². The highest BCUT2D eigenvalue weighted by molar-refractivity contribution is 5.77. The van der Waals surface area contributed by atoms with Crippen LogP contribution < -0.4 is 16.4 Å². The van der Waals surface area contributed by atoms with Gasteiger partial charge in [-0.25, -0.2) is 0 Å². The van der Waals surface area contributed by atoms with E-state index in [0.29, 0.717) is 19.0 Å². The lowest BCUT2D eigenvalue weighted by Crippen LogP contribution is -2.41. The van der Waals surface area contributed by atoms with E-state index in [1.807, 2.05) is 6.92 Å². The molecule has 4 N–H and O–H groups in total. The number of carbonyl (C=O) groups is 1. The van der Waals surface area contributed by atoms with Crippen LogP contribution in [0, 0.1) is 5.92 Å². The van der Waals surface area contributed by atoms with Gasteiger partial charge in [-0.1, -0.05) is 13.8 Å². The highest BCUT2D eigenvalue weighted by Gasteiger charge is 2.03. The minimum Gasteiger partial charge on any atom is -0.355 e. The molecule has 0 bridgehead atoms. The fraction of sp³-hybridized carbons (Fsp3) is 0.889. The Hall–Kier alpha value is -0.610. The Morgan fingerprint density at radius 1 is 1.38 bits per heavy atom. The van der Waals surface area contributed by atoms with Gasteiger partial charge in [-0.3, -0.25) is 4.79 Å². The Kier molecular flexibility index (Phi) is 6.54. The van der Waals surface area contributed by atoms with Crippen LogP contribution in [-0.4, -0.2) is 31.6 Å². The summed E-state index contributed by atoms with van der Waals surface area (Å²) >= 11 is 0. The van der Waals surface area contributed by atoms with Crippen LogP contribution in [0.4, 0.5) is 0 Å². The van der Waals surface area contributed by atoms with Crippen molar-refractivity contribution in [2.45, 2.75) is 26.8 Å². The summed E-state index contributed by atoms with van der Waals surface area (Å²) in [5.41, 5.74) is 5.39. The molecule has 0 fully saturated rings. The van der Waals surface area contributed by atoms with E-state index in [0.717, 1.165) is 6.54 Å². The molecule has 0 saturated carbocycles. The number of amides is 1. The molecule has 0 heterocycles. The first-order valence-electron chi connectivity index (χ1n) is 4.76. The van der Waals surface area contributed by atoms with E-state index in [1.54, 1.807) is 0 Å². The van der Waals surface area contributed by atoms with E-state index in [-0.39, 0.29) is 11.9 Å². The zero-order valence-corrected chi connectivity index (χ0v) is 8.76. The van der Waals surface area contributed by atoms with Crippen molar-refractivity contribution in [1.82, 2.24) is 10.6 Å². The van der Waals surface area contributed by atoms with Gasteiger partial charge in [0.25, 0.3) is 0 Å². The van der Waals surface area contributed by atoms with Gasteiger partial charge in [-0.2, -0.15) is 0 Å². The molecular weight excluding hydrogens is 166 g/mol. The van der Waals surface area contributed by atoms with Crippen LogP contribution in [0.25, 0.3) is 0 Å². The zero-order valence-electron chi connectivity index (χ0n) is 8.76. The monoisotopic (exact) mass is 187 g/mol. The summed E-state index contributed by atoms with van der Waals surface area (Å²) in [5, 5.41) is 5.84. The van der Waals surface area contributed by atoms with Gasteiger partial charge in [-0.15, -0.1) is 0 Å². The second-order valence-corrected chi connectivity index (χ2v) is 3.72. The highest BCUT2D eigenvalue weighted by atomic mass is 16.1. The lowest BCUT2D eigenvalue weighted by Gasteiger charge is -2.11. The molecule has 0 saturated heterocycles. The molecule has 78 valence electrons. The van der Waals surface area contributed by atoms with Gasteiger partial charge >= 0.3 is 0 Å². The summed E-state index contributed by atoms with van der Waals surface area (Å²) in [6, 6.07) is 0.199. The Labute approximate surface area is 80.3 Å². The summed E-state index contributed by atoms with van der Waals surface area (Å²) < 4.78 is 0. The van der Waals surface area contributed by atoms with Crippen molar-refractivity contribution in [1.29, 1.82) is 0 Å². The molecule has 0 rings (SSSR count). The van der Waals surface area contributed by atoms with Crippen molar-refractivity contribution in [3.8, 4) is 0 Å². The first kappa shape index (κ1) is 12.4. The quantitative estimate of drug-likeness (QED) is 0.534. The molecule has 1 unspecified atom stereocenters. The van der Waals surface area contributed by atoms with E-state index in [1.165, 1.54) is 0 Å². The molecule has 0 aromatic rings. The van der Waals surface area contributed by atoms with Crippen LogP contribution in [0.1, 0.15) is 20.8 Å². The minimum absolute atomic E-state index is 0.0361. The van der Waals surface area contributed by atoms with Crippen LogP contribution in [0.5, 0.6) is 0 Å². The van der Waals surface area contributed by atoms with Gasteiger partial charge < -0.3 is 16.4 Å². The van der Waals surface area contributed by atoms with Crippen molar-refractivity contribution < 1.29 is 4.79 Å². The topological polar surface area (TPSA) is 67.2 Å². The lowest BCUT2D eigenvalue weighted by molar-refractivity contribution is -0.120. The second-order valence-electron chi connectivity index (χ2n) is 3.72. The Morgan fingerprint density at radius 3 is 2.46 bits per heavy atom. The molecule has 0 aliphatic heterocycles. The smallest absolute Gasteiger partial charge is 0.233 e. The Morgan fingerprint density at radius 2 is 2.00 bits per heavy atom. The maximum atomic E-state index is 11.2. The molecule has 4 nitrogen and oxygen atoms in total. The van der Waals surface area contributed by atoms with Crippen LogP contribution in [-0.2, 0) is 4.79 Å². The van der Waals surface area contributed by atoms with Gasteiger partial charge in [0.2, 0.25) is 5.91 Å². The number of carbonyl (C=O) groups excluding carboxylic acids is 1. The third-order valence-electron chi connectivity index (χ3n) is 1.67. The molecule has 0 aliphatic rings. The molecule has 0 radical (unpaired) electrons. The number of nitrogens with one attached hydrogen (secondary N) is 2. The first-order chi connectivity index (χ1) is 6.06. The van der Waals surface area contributed by atoms with E-state index in [4.69, 9.17) is 5.73 Å². The average Bonchev–Trinajstić information content (AvgIpc) is 2.10. The van der Waals surface area contributed by atoms with E-state index < -0.39 is 0 Å². The largest absolute Gasteiger partial charge is 0.355 e. The molecule has 1 amide bonds. The van der Waals surface area contributed by atoms with E-state index in [9.17, 15) is 4.79 Å². The van der Waals surface area contributed by atoms with Crippen molar-refractivity contribution in [2.75, 3.05) is 19.6 Å². The standard InChI is InChI=1S/C9H21N3O/c1-7(2)5-12-9(13)6-11-8(3)4-10/h7-8,11H,4-6,10H2,1-3H3,(H,12,13). The summed E-state index contributed by atoms with van der Waals surface area (Å²) in [5.74, 6) is 0.532. The van der Waals surface area contributed by atoms with Crippen LogP contribution in [0.3, 0.4) is 0 Å². The van der Waals surface area contributed by atoms with Crippen LogP contribution in [0.15, 0.2) is 0 Å². The van der Waals surface area contributed by atoms with Gasteiger partial charge in [-0.05, 0) is 12.8 Å². The van der Waals surface area contributed by atoms with Crippen molar-refractivity contribution in [3.63, 3.8) is 0 Å². The summed E-state index contributed by atoms with van der Waals surface area (Å²) in [7, 11) is 0. The SMILES string of the molecule is CC(C)CNC(=O)CNC(C)CN. The predicted octanol–water partition coefficient (Wildman–Crippen LogP) is -0.305. The summed E-state index contributed by atoms with van der Waals surface area (Å²) in [6.45, 7) is 7.72. The molecule has 0 aromatic heterocycles. The maximum Gasteiger partial charge on any atom is 0.233 e. The minimum atomic E-state index is 0.0361. The first-order valence-corrected chi connectivity index (χ1v) is 4.76. The van der Waals surface area contributed by atoms with Gasteiger partial charge in [0.15, 0.2) is 0 Å². The fourth-order valence-electron chi connectivity index (χ4n) is 0.731. The van der Waals surface area contributed by atoms with Crippen LogP contribution >= 0.6 is 0 Å².